The van der Waals surface area contributed by atoms with Gasteiger partial charge >= 0.3 is 0 Å². The predicted molar refractivity (Wildman–Crippen MR) is 108 cm³/mol. The monoisotopic (exact) mass is 361 g/mol. The fraction of sp³-hybridized carbons (Fsp3) is 0.238. The van der Waals surface area contributed by atoms with Crippen LogP contribution in [-0.2, 0) is 6.42 Å². The van der Waals surface area contributed by atoms with Crippen molar-refractivity contribution in [3.05, 3.63) is 77.7 Å². The second-order valence-electron chi connectivity index (χ2n) is 7.45. The summed E-state index contributed by atoms with van der Waals surface area (Å²) in [6, 6.07) is 8.03. The van der Waals surface area contributed by atoms with Crippen molar-refractivity contribution in [3.8, 4) is 0 Å². The van der Waals surface area contributed by atoms with Crippen molar-refractivity contribution in [1.82, 2.24) is 9.97 Å². The third-order valence-electron chi connectivity index (χ3n) is 4.43. The standard InChI is InChI=1S/C21H23N5O/c1-21(2,27)11-14-3-6-17-19(9-14)23-12-15-4-5-16(10-18(15)26-17)25-20-7-8-22-13-24-20/h3,5-10,12-13,23,26-27H,4,11H2,1-2H3,(H,22,24,25). The van der Waals surface area contributed by atoms with Crippen LogP contribution in [0.5, 0.6) is 0 Å². The Balaban J connectivity index is 1.56. The average molecular weight is 361 g/mol. The SMILES string of the molecule is CC(C)(O)Cc1ccc2c(c1)NC=C1CC=C(Nc3ccncn3)C=C1N2. The lowest BCUT2D eigenvalue weighted by Crippen LogP contribution is -2.21. The summed E-state index contributed by atoms with van der Waals surface area (Å²) in [6.45, 7) is 3.65. The van der Waals surface area contributed by atoms with Gasteiger partial charge in [-0.15, -0.1) is 0 Å². The van der Waals surface area contributed by atoms with Gasteiger partial charge in [0.2, 0.25) is 0 Å². The van der Waals surface area contributed by atoms with Gasteiger partial charge in [-0.3, -0.25) is 0 Å². The molecule has 0 amide bonds. The van der Waals surface area contributed by atoms with Crippen LogP contribution in [0, 0.1) is 0 Å². The van der Waals surface area contributed by atoms with Crippen molar-refractivity contribution in [3.63, 3.8) is 0 Å². The lowest BCUT2D eigenvalue weighted by Gasteiger charge is -2.19. The molecule has 1 aromatic heterocycles. The molecular weight excluding hydrogens is 338 g/mol. The van der Waals surface area contributed by atoms with Crippen LogP contribution >= 0.6 is 0 Å². The van der Waals surface area contributed by atoms with E-state index in [0.29, 0.717) is 6.42 Å². The number of anilines is 3. The van der Waals surface area contributed by atoms with Crippen LogP contribution in [0.1, 0.15) is 25.8 Å². The molecule has 0 saturated carbocycles. The number of benzene rings is 1. The highest BCUT2D eigenvalue weighted by Gasteiger charge is 2.18. The summed E-state index contributed by atoms with van der Waals surface area (Å²) in [5.74, 6) is 0.768. The van der Waals surface area contributed by atoms with Crippen LogP contribution in [0.25, 0.3) is 0 Å². The van der Waals surface area contributed by atoms with Gasteiger partial charge in [-0.25, -0.2) is 9.97 Å². The molecule has 1 aliphatic heterocycles. The van der Waals surface area contributed by atoms with Crippen LogP contribution in [0.4, 0.5) is 17.2 Å². The van der Waals surface area contributed by atoms with Gasteiger partial charge in [-0.2, -0.15) is 0 Å². The maximum Gasteiger partial charge on any atom is 0.133 e. The zero-order chi connectivity index (χ0) is 18.9. The Labute approximate surface area is 158 Å². The molecular formula is C21H23N5O. The van der Waals surface area contributed by atoms with Crippen molar-refractivity contribution in [2.24, 2.45) is 0 Å². The summed E-state index contributed by atoms with van der Waals surface area (Å²) in [5.41, 5.74) is 5.61. The third kappa shape index (κ3) is 4.17. The molecule has 138 valence electrons. The minimum Gasteiger partial charge on any atom is -0.390 e. The fourth-order valence-corrected chi connectivity index (χ4v) is 3.23. The summed E-state index contributed by atoms with van der Waals surface area (Å²) in [6.07, 6.45) is 10.9. The molecule has 0 unspecified atom stereocenters. The number of hydrogen-bond acceptors (Lipinski definition) is 6. The molecule has 4 rings (SSSR count). The van der Waals surface area contributed by atoms with E-state index in [4.69, 9.17) is 0 Å². The van der Waals surface area contributed by atoms with Crippen molar-refractivity contribution in [1.29, 1.82) is 0 Å². The lowest BCUT2D eigenvalue weighted by molar-refractivity contribution is 0.0810. The van der Waals surface area contributed by atoms with E-state index in [1.807, 2.05) is 26.1 Å². The summed E-state index contributed by atoms with van der Waals surface area (Å²) >= 11 is 0. The van der Waals surface area contributed by atoms with Gasteiger partial charge < -0.3 is 21.1 Å². The zero-order valence-corrected chi connectivity index (χ0v) is 15.5. The Kier molecular flexibility index (Phi) is 4.41. The molecule has 1 aliphatic carbocycles. The number of nitrogens with zero attached hydrogens (tertiary/aromatic N) is 2. The van der Waals surface area contributed by atoms with Gasteiger partial charge in [0.25, 0.3) is 0 Å². The molecule has 2 aliphatic rings. The molecule has 0 atom stereocenters. The van der Waals surface area contributed by atoms with E-state index in [-0.39, 0.29) is 0 Å². The Morgan fingerprint density at radius 3 is 2.89 bits per heavy atom. The first-order valence-corrected chi connectivity index (χ1v) is 8.99. The maximum atomic E-state index is 10.1. The van der Waals surface area contributed by atoms with Gasteiger partial charge in [0.05, 0.1) is 17.0 Å². The van der Waals surface area contributed by atoms with Gasteiger partial charge in [0.1, 0.15) is 12.1 Å². The molecule has 4 N–H and O–H groups in total. The second-order valence-corrected chi connectivity index (χ2v) is 7.45. The number of aromatic nitrogens is 2. The fourth-order valence-electron chi connectivity index (χ4n) is 3.23. The van der Waals surface area contributed by atoms with Gasteiger partial charge in [0, 0.05) is 30.2 Å². The van der Waals surface area contributed by atoms with Gasteiger partial charge in [0.15, 0.2) is 0 Å². The molecule has 0 radical (unpaired) electrons. The Bertz CT molecular complexity index is 939. The third-order valence-corrected chi connectivity index (χ3v) is 4.43. The highest BCUT2D eigenvalue weighted by molar-refractivity contribution is 5.76. The predicted octanol–water partition coefficient (Wildman–Crippen LogP) is 3.79. The molecule has 0 bridgehead atoms. The van der Waals surface area contributed by atoms with Crippen molar-refractivity contribution >= 4 is 17.2 Å². The van der Waals surface area contributed by atoms with E-state index in [1.165, 1.54) is 11.9 Å². The van der Waals surface area contributed by atoms with E-state index in [0.717, 1.165) is 40.6 Å². The normalized spacial score (nSPS) is 15.7. The van der Waals surface area contributed by atoms with Crippen LogP contribution in [0.2, 0.25) is 0 Å². The number of aliphatic hydroxyl groups is 1. The lowest BCUT2D eigenvalue weighted by atomic mass is 9.98. The Morgan fingerprint density at radius 2 is 2.11 bits per heavy atom. The van der Waals surface area contributed by atoms with Crippen LogP contribution in [0.15, 0.2) is 72.1 Å². The molecule has 2 aromatic rings. The minimum atomic E-state index is -0.729. The van der Waals surface area contributed by atoms with Gasteiger partial charge in [-0.1, -0.05) is 12.1 Å². The molecule has 0 fully saturated rings. The largest absolute Gasteiger partial charge is 0.390 e. The van der Waals surface area contributed by atoms with E-state index in [9.17, 15) is 5.11 Å². The van der Waals surface area contributed by atoms with Crippen molar-refractivity contribution < 1.29 is 5.11 Å². The van der Waals surface area contributed by atoms with Crippen molar-refractivity contribution in [2.75, 3.05) is 16.0 Å². The van der Waals surface area contributed by atoms with Crippen LogP contribution in [-0.4, -0.2) is 20.7 Å². The maximum absolute atomic E-state index is 10.1. The van der Waals surface area contributed by atoms with Crippen LogP contribution < -0.4 is 16.0 Å². The zero-order valence-electron chi connectivity index (χ0n) is 15.5. The number of rotatable bonds is 4. The number of hydrogen-bond donors (Lipinski definition) is 4. The molecule has 6 nitrogen and oxygen atoms in total. The number of fused-ring (bicyclic) bond motifs is 2. The second kappa shape index (κ2) is 6.89. The minimum absolute atomic E-state index is 0.607. The molecule has 2 heterocycles. The average Bonchev–Trinajstić information content (AvgIpc) is 2.80. The molecule has 6 heteroatoms. The highest BCUT2D eigenvalue weighted by Crippen LogP contribution is 2.33. The van der Waals surface area contributed by atoms with E-state index >= 15 is 0 Å². The summed E-state index contributed by atoms with van der Waals surface area (Å²) < 4.78 is 0. The van der Waals surface area contributed by atoms with Crippen LogP contribution in [0.3, 0.4) is 0 Å². The molecule has 27 heavy (non-hydrogen) atoms. The van der Waals surface area contributed by atoms with Crippen molar-refractivity contribution in [2.45, 2.75) is 32.3 Å². The smallest absolute Gasteiger partial charge is 0.133 e. The van der Waals surface area contributed by atoms with E-state index < -0.39 is 5.60 Å². The van der Waals surface area contributed by atoms with E-state index in [1.54, 1.807) is 6.20 Å². The first-order valence-electron chi connectivity index (χ1n) is 8.99. The topological polar surface area (TPSA) is 82.1 Å². The molecule has 0 saturated heterocycles. The molecule has 1 aromatic carbocycles. The quantitative estimate of drug-likeness (QED) is 0.663. The summed E-state index contributed by atoms with van der Waals surface area (Å²) in [5, 5.41) is 20.3. The number of allylic oxidation sites excluding steroid dienone is 3. The molecule has 0 spiro atoms. The van der Waals surface area contributed by atoms with E-state index in [2.05, 4.69) is 56.3 Å². The van der Waals surface area contributed by atoms with Gasteiger partial charge in [-0.05, 0) is 55.7 Å². The first-order chi connectivity index (χ1) is 13.0. The number of nitrogens with one attached hydrogen (secondary N) is 3. The first kappa shape index (κ1) is 17.3. The Hall–Kier alpha value is -3.12. The highest BCUT2D eigenvalue weighted by atomic mass is 16.3. The Morgan fingerprint density at radius 1 is 1.22 bits per heavy atom. The summed E-state index contributed by atoms with van der Waals surface area (Å²) in [4.78, 5) is 8.15. The summed E-state index contributed by atoms with van der Waals surface area (Å²) in [7, 11) is 0.